The van der Waals surface area contributed by atoms with Crippen molar-refractivity contribution in [3.05, 3.63) is 23.8 Å². The summed E-state index contributed by atoms with van der Waals surface area (Å²) in [6, 6.07) is 3.69. The van der Waals surface area contributed by atoms with Gasteiger partial charge in [-0.15, -0.1) is 13.2 Å². The summed E-state index contributed by atoms with van der Waals surface area (Å²) in [5, 5.41) is 8.71. The van der Waals surface area contributed by atoms with Crippen molar-refractivity contribution in [1.29, 1.82) is 0 Å². The van der Waals surface area contributed by atoms with E-state index in [0.717, 1.165) is 6.07 Å². The first kappa shape index (κ1) is 14.1. The molecule has 0 bridgehead atoms. The maximum absolute atomic E-state index is 11.7. The Bertz CT molecular complexity index is 434. The van der Waals surface area contributed by atoms with Crippen molar-refractivity contribution in [1.82, 2.24) is 0 Å². The molecule has 18 heavy (non-hydrogen) atoms. The molecule has 100 valence electrons. The Morgan fingerprint density at radius 3 is 2.56 bits per heavy atom. The first-order valence-electron chi connectivity index (χ1n) is 4.76. The molecular weight excluding hydrogens is 255 g/mol. The van der Waals surface area contributed by atoms with E-state index in [0.29, 0.717) is 0 Å². The fraction of sp³-hybridized carbons (Fsp3) is 0.300. The van der Waals surface area contributed by atoms with E-state index >= 15 is 0 Å². The SMILES string of the molecule is Nc1ccc(C(=O)O)cc1OCCOC(F)(F)F. The number of hydrogen-bond acceptors (Lipinski definition) is 4. The van der Waals surface area contributed by atoms with Crippen LogP contribution in [0.25, 0.3) is 0 Å². The third-order valence-electron chi connectivity index (χ3n) is 1.87. The average molecular weight is 265 g/mol. The van der Waals surface area contributed by atoms with Crippen LogP contribution in [0.5, 0.6) is 5.75 Å². The molecule has 8 heteroatoms. The molecule has 0 saturated heterocycles. The fourth-order valence-electron chi connectivity index (χ4n) is 1.10. The van der Waals surface area contributed by atoms with Crippen molar-refractivity contribution in [2.45, 2.75) is 6.36 Å². The predicted octanol–water partition coefficient (Wildman–Crippen LogP) is 1.88. The highest BCUT2D eigenvalue weighted by Gasteiger charge is 2.28. The van der Waals surface area contributed by atoms with Crippen molar-refractivity contribution in [3.63, 3.8) is 0 Å². The lowest BCUT2D eigenvalue weighted by Gasteiger charge is -2.11. The molecule has 0 aromatic heterocycles. The van der Waals surface area contributed by atoms with E-state index in [1.165, 1.54) is 12.1 Å². The second-order valence-corrected chi connectivity index (χ2v) is 3.20. The van der Waals surface area contributed by atoms with Crippen LogP contribution in [0.4, 0.5) is 18.9 Å². The number of halogens is 3. The smallest absolute Gasteiger partial charge is 0.489 e. The standard InChI is InChI=1S/C10H10F3NO4/c11-10(12,13)18-4-3-17-8-5-6(9(15)16)1-2-7(8)14/h1-2,5H,3-4,14H2,(H,15,16). The van der Waals surface area contributed by atoms with Gasteiger partial charge in [0, 0.05) is 0 Å². The average Bonchev–Trinajstić information content (AvgIpc) is 2.24. The monoisotopic (exact) mass is 265 g/mol. The van der Waals surface area contributed by atoms with Crippen LogP contribution in [0.2, 0.25) is 0 Å². The van der Waals surface area contributed by atoms with E-state index in [1.54, 1.807) is 0 Å². The van der Waals surface area contributed by atoms with E-state index in [4.69, 9.17) is 15.6 Å². The van der Waals surface area contributed by atoms with Crippen LogP contribution in [0.3, 0.4) is 0 Å². The van der Waals surface area contributed by atoms with Crippen LogP contribution in [-0.4, -0.2) is 30.7 Å². The van der Waals surface area contributed by atoms with E-state index in [-0.39, 0.29) is 17.0 Å². The molecule has 0 unspecified atom stereocenters. The van der Waals surface area contributed by atoms with Gasteiger partial charge in [0.2, 0.25) is 0 Å². The van der Waals surface area contributed by atoms with Gasteiger partial charge in [0.25, 0.3) is 0 Å². The minimum Gasteiger partial charge on any atom is -0.489 e. The molecule has 1 rings (SSSR count). The number of nitrogen functional groups attached to an aromatic ring is 1. The molecule has 0 aliphatic heterocycles. The Morgan fingerprint density at radius 1 is 1.33 bits per heavy atom. The van der Waals surface area contributed by atoms with Crippen molar-refractivity contribution >= 4 is 11.7 Å². The number of nitrogens with two attached hydrogens (primary N) is 1. The summed E-state index contributed by atoms with van der Waals surface area (Å²) in [5.41, 5.74) is 5.53. The first-order chi connectivity index (χ1) is 8.29. The number of rotatable bonds is 5. The number of alkyl halides is 3. The lowest BCUT2D eigenvalue weighted by molar-refractivity contribution is -0.325. The molecule has 0 atom stereocenters. The summed E-state index contributed by atoms with van der Waals surface area (Å²) < 4.78 is 43.3. The molecule has 0 aliphatic carbocycles. The minimum absolute atomic E-state index is 0.000625. The van der Waals surface area contributed by atoms with Gasteiger partial charge in [-0.2, -0.15) is 0 Å². The maximum Gasteiger partial charge on any atom is 0.522 e. The van der Waals surface area contributed by atoms with Gasteiger partial charge in [0.05, 0.1) is 17.9 Å². The molecular formula is C10H10F3NO4. The van der Waals surface area contributed by atoms with E-state index in [1.807, 2.05) is 0 Å². The summed E-state index contributed by atoms with van der Waals surface area (Å²) >= 11 is 0. The lowest BCUT2D eigenvalue weighted by Crippen LogP contribution is -2.18. The fourth-order valence-corrected chi connectivity index (χ4v) is 1.10. The number of carboxylic acids is 1. The van der Waals surface area contributed by atoms with Crippen LogP contribution in [-0.2, 0) is 4.74 Å². The molecule has 3 N–H and O–H groups in total. The van der Waals surface area contributed by atoms with Crippen molar-refractivity contribution in [2.75, 3.05) is 18.9 Å². The number of benzene rings is 1. The summed E-state index contributed by atoms with van der Waals surface area (Å²) in [4.78, 5) is 10.7. The van der Waals surface area contributed by atoms with Gasteiger partial charge in [-0.3, -0.25) is 4.74 Å². The zero-order valence-electron chi connectivity index (χ0n) is 9.03. The highest BCUT2D eigenvalue weighted by Crippen LogP contribution is 2.23. The Hall–Kier alpha value is -1.96. The summed E-state index contributed by atoms with van der Waals surface area (Å²) in [6.45, 7) is -1.10. The van der Waals surface area contributed by atoms with Crippen LogP contribution in [0.1, 0.15) is 10.4 Å². The molecule has 0 amide bonds. The van der Waals surface area contributed by atoms with E-state index in [2.05, 4.69) is 4.74 Å². The number of ether oxygens (including phenoxy) is 2. The molecule has 0 fully saturated rings. The molecule has 1 aromatic rings. The summed E-state index contributed by atoms with van der Waals surface area (Å²) in [7, 11) is 0. The van der Waals surface area contributed by atoms with Crippen LogP contribution >= 0.6 is 0 Å². The molecule has 0 heterocycles. The van der Waals surface area contributed by atoms with Gasteiger partial charge >= 0.3 is 12.3 Å². The number of anilines is 1. The minimum atomic E-state index is -4.72. The highest BCUT2D eigenvalue weighted by atomic mass is 19.4. The maximum atomic E-state index is 11.7. The molecule has 5 nitrogen and oxygen atoms in total. The van der Waals surface area contributed by atoms with E-state index < -0.39 is 25.5 Å². The first-order valence-corrected chi connectivity index (χ1v) is 4.76. The second kappa shape index (κ2) is 5.58. The number of carbonyl (C=O) groups is 1. The molecule has 0 spiro atoms. The van der Waals surface area contributed by atoms with Crippen molar-refractivity contribution in [2.24, 2.45) is 0 Å². The van der Waals surface area contributed by atoms with Gasteiger partial charge < -0.3 is 15.6 Å². The molecule has 1 aromatic carbocycles. The van der Waals surface area contributed by atoms with Crippen LogP contribution in [0.15, 0.2) is 18.2 Å². The van der Waals surface area contributed by atoms with Gasteiger partial charge in [0.1, 0.15) is 12.4 Å². The van der Waals surface area contributed by atoms with E-state index in [9.17, 15) is 18.0 Å². The third kappa shape index (κ3) is 4.50. The van der Waals surface area contributed by atoms with Crippen molar-refractivity contribution in [3.8, 4) is 5.75 Å². The summed E-state index contributed by atoms with van der Waals surface area (Å²) in [5.74, 6) is -1.19. The lowest BCUT2D eigenvalue weighted by atomic mass is 10.2. The summed E-state index contributed by atoms with van der Waals surface area (Å²) in [6.07, 6.45) is -4.72. The Balaban J connectivity index is 2.56. The number of carboxylic acid groups (broad SMARTS) is 1. The Morgan fingerprint density at radius 2 is 2.00 bits per heavy atom. The quantitative estimate of drug-likeness (QED) is 0.627. The normalized spacial score (nSPS) is 11.3. The van der Waals surface area contributed by atoms with Gasteiger partial charge in [-0.25, -0.2) is 4.79 Å². The zero-order valence-corrected chi connectivity index (χ0v) is 9.03. The largest absolute Gasteiger partial charge is 0.522 e. The molecule has 0 aliphatic rings. The van der Waals surface area contributed by atoms with Gasteiger partial charge in [-0.1, -0.05) is 0 Å². The molecule has 0 radical (unpaired) electrons. The van der Waals surface area contributed by atoms with Crippen LogP contribution in [0, 0.1) is 0 Å². The van der Waals surface area contributed by atoms with Crippen LogP contribution < -0.4 is 10.5 Å². The Labute approximate surface area is 99.9 Å². The van der Waals surface area contributed by atoms with Crippen molar-refractivity contribution < 1.29 is 32.5 Å². The topological polar surface area (TPSA) is 81.8 Å². The highest BCUT2D eigenvalue weighted by molar-refractivity contribution is 5.89. The van der Waals surface area contributed by atoms with Gasteiger partial charge in [0.15, 0.2) is 0 Å². The number of hydrogen-bond donors (Lipinski definition) is 2. The number of aromatic carboxylic acids is 1. The zero-order chi connectivity index (χ0) is 13.8. The van der Waals surface area contributed by atoms with Gasteiger partial charge in [-0.05, 0) is 18.2 Å². The second-order valence-electron chi connectivity index (χ2n) is 3.20. The Kier molecular flexibility index (Phi) is 4.38. The third-order valence-corrected chi connectivity index (χ3v) is 1.87. The predicted molar refractivity (Wildman–Crippen MR) is 55.3 cm³/mol. The molecule has 0 saturated carbocycles.